The molecule has 0 saturated heterocycles. The first-order valence-electron chi connectivity index (χ1n) is 12.4. The molecule has 1 aliphatic carbocycles. The molecule has 192 valence electrons. The van der Waals surface area contributed by atoms with Crippen LogP contribution in [0.3, 0.4) is 0 Å². The number of nitrogens with one attached hydrogen (secondary N) is 1. The van der Waals surface area contributed by atoms with Gasteiger partial charge in [0.2, 0.25) is 0 Å². The van der Waals surface area contributed by atoms with Crippen LogP contribution < -0.4 is 5.32 Å². The first kappa shape index (κ1) is 26.6. The lowest BCUT2D eigenvalue weighted by molar-refractivity contribution is 0.0855. The molecule has 0 aliphatic heterocycles. The minimum atomic E-state index is -1.20. The lowest BCUT2D eigenvalue weighted by atomic mass is 9.96. The van der Waals surface area contributed by atoms with E-state index in [0.29, 0.717) is 18.3 Å². The van der Waals surface area contributed by atoms with Gasteiger partial charge in [-0.2, -0.15) is 0 Å². The highest BCUT2D eigenvalue weighted by Crippen LogP contribution is 2.41. The van der Waals surface area contributed by atoms with Gasteiger partial charge in [-0.3, -0.25) is 10.3 Å². The highest BCUT2D eigenvalue weighted by atomic mass is 79.9. The van der Waals surface area contributed by atoms with Crippen molar-refractivity contribution in [2.75, 3.05) is 19.0 Å². The standard InChI is InChI=1S/C27H35BrN4O3Si/c1-34-27(33)31-22-10-7-20(8-11-22)25-17-30-26(32(25)18-35-13-14-36(2,3)4)23(15-19-5-6-19)24-12-9-21(28)16-29-24/h7-12,16-17,19,23H,5-6,13-15,18H2,1-4H3,(H,31,33). The topological polar surface area (TPSA) is 78.3 Å². The van der Waals surface area contributed by atoms with Gasteiger partial charge in [-0.05, 0) is 64.1 Å². The van der Waals surface area contributed by atoms with Crippen LogP contribution in [-0.4, -0.2) is 42.4 Å². The van der Waals surface area contributed by atoms with Crippen molar-refractivity contribution in [1.82, 2.24) is 14.5 Å². The molecule has 1 aliphatic rings. The highest BCUT2D eigenvalue weighted by Gasteiger charge is 2.31. The third kappa shape index (κ3) is 7.27. The fourth-order valence-corrected chi connectivity index (χ4v) is 5.09. The number of benzene rings is 1. The van der Waals surface area contributed by atoms with Crippen LogP contribution in [0.2, 0.25) is 25.7 Å². The number of carbonyl (C=O) groups excluding carboxylic acids is 1. The summed E-state index contributed by atoms with van der Waals surface area (Å²) >= 11 is 3.51. The molecule has 1 fully saturated rings. The van der Waals surface area contributed by atoms with Crippen molar-refractivity contribution in [1.29, 1.82) is 0 Å². The van der Waals surface area contributed by atoms with E-state index in [0.717, 1.165) is 46.3 Å². The van der Waals surface area contributed by atoms with Crippen LogP contribution in [0.5, 0.6) is 0 Å². The van der Waals surface area contributed by atoms with Gasteiger partial charge < -0.3 is 14.0 Å². The molecule has 0 spiro atoms. The van der Waals surface area contributed by atoms with Crippen LogP contribution in [0.25, 0.3) is 11.3 Å². The number of halogens is 1. The molecule has 0 radical (unpaired) electrons. The normalized spacial score (nSPS) is 14.5. The zero-order valence-corrected chi connectivity index (χ0v) is 24.0. The van der Waals surface area contributed by atoms with E-state index in [1.54, 1.807) is 0 Å². The molecule has 2 aromatic heterocycles. The second-order valence-corrected chi connectivity index (χ2v) is 17.1. The monoisotopic (exact) mass is 570 g/mol. The zero-order valence-electron chi connectivity index (χ0n) is 21.5. The third-order valence-electron chi connectivity index (χ3n) is 6.40. The Hall–Kier alpha value is -2.49. The minimum absolute atomic E-state index is 0.0974. The quantitative estimate of drug-likeness (QED) is 0.196. The second-order valence-electron chi connectivity index (χ2n) is 10.6. The van der Waals surface area contributed by atoms with Crippen LogP contribution in [0.4, 0.5) is 10.5 Å². The van der Waals surface area contributed by atoms with Gasteiger partial charge in [-0.15, -0.1) is 0 Å². The summed E-state index contributed by atoms with van der Waals surface area (Å²) in [6.45, 7) is 8.26. The molecule has 4 rings (SSSR count). The number of nitrogens with zero attached hydrogens (tertiary/aromatic N) is 3. The van der Waals surface area contributed by atoms with E-state index < -0.39 is 14.2 Å². The van der Waals surface area contributed by atoms with Gasteiger partial charge >= 0.3 is 6.09 Å². The number of pyridine rings is 1. The van der Waals surface area contributed by atoms with Crippen molar-refractivity contribution in [2.24, 2.45) is 5.92 Å². The molecular weight excluding hydrogens is 536 g/mol. The SMILES string of the molecule is COC(=O)Nc1ccc(-c2cnc(C(CC3CC3)c3ccc(Br)cn3)n2COCC[Si](C)(C)C)cc1. The number of hydrogen-bond donors (Lipinski definition) is 1. The van der Waals surface area contributed by atoms with Crippen LogP contribution in [-0.2, 0) is 16.2 Å². The smallest absolute Gasteiger partial charge is 0.411 e. The van der Waals surface area contributed by atoms with Gasteiger partial charge in [0.05, 0.1) is 30.6 Å². The molecular formula is C27H35BrN4O3Si. The third-order valence-corrected chi connectivity index (χ3v) is 8.57. The van der Waals surface area contributed by atoms with E-state index in [-0.39, 0.29) is 5.92 Å². The number of carbonyl (C=O) groups is 1. The maximum absolute atomic E-state index is 11.6. The summed E-state index contributed by atoms with van der Waals surface area (Å²) in [5, 5.41) is 2.70. The largest absolute Gasteiger partial charge is 0.453 e. The number of methoxy groups -OCH3 is 1. The summed E-state index contributed by atoms with van der Waals surface area (Å²) in [6.07, 6.45) is 6.86. The molecule has 1 aromatic carbocycles. The zero-order chi connectivity index (χ0) is 25.7. The highest BCUT2D eigenvalue weighted by molar-refractivity contribution is 9.10. The average molecular weight is 572 g/mol. The van der Waals surface area contributed by atoms with Crippen molar-refractivity contribution < 1.29 is 14.3 Å². The lowest BCUT2D eigenvalue weighted by Crippen LogP contribution is -2.22. The lowest BCUT2D eigenvalue weighted by Gasteiger charge is -2.21. The Morgan fingerprint density at radius 2 is 1.89 bits per heavy atom. The number of imidazole rings is 1. The fraction of sp³-hybridized carbons (Fsp3) is 0.444. The van der Waals surface area contributed by atoms with E-state index in [1.807, 2.05) is 42.7 Å². The van der Waals surface area contributed by atoms with Gasteiger partial charge in [-0.1, -0.05) is 44.6 Å². The predicted molar refractivity (Wildman–Crippen MR) is 149 cm³/mol. The van der Waals surface area contributed by atoms with E-state index >= 15 is 0 Å². The summed E-state index contributed by atoms with van der Waals surface area (Å²) < 4.78 is 14.1. The van der Waals surface area contributed by atoms with Crippen LogP contribution in [0.15, 0.2) is 53.3 Å². The molecule has 36 heavy (non-hydrogen) atoms. The van der Waals surface area contributed by atoms with E-state index in [1.165, 1.54) is 20.0 Å². The van der Waals surface area contributed by atoms with Crippen molar-refractivity contribution in [3.8, 4) is 11.3 Å². The molecule has 2 heterocycles. The Balaban J connectivity index is 1.66. The van der Waals surface area contributed by atoms with Crippen molar-refractivity contribution in [3.63, 3.8) is 0 Å². The number of anilines is 1. The summed E-state index contributed by atoms with van der Waals surface area (Å²) in [5.74, 6) is 1.79. The summed E-state index contributed by atoms with van der Waals surface area (Å²) in [5.41, 5.74) is 3.70. The first-order valence-corrected chi connectivity index (χ1v) is 16.9. The summed E-state index contributed by atoms with van der Waals surface area (Å²) in [4.78, 5) is 21.2. The number of ether oxygens (including phenoxy) is 2. The molecule has 7 nitrogen and oxygen atoms in total. The van der Waals surface area contributed by atoms with E-state index in [2.05, 4.69) is 51.5 Å². The first-order chi connectivity index (χ1) is 17.2. The Labute approximate surface area is 222 Å². The van der Waals surface area contributed by atoms with Crippen LogP contribution >= 0.6 is 15.9 Å². The van der Waals surface area contributed by atoms with E-state index in [4.69, 9.17) is 19.4 Å². The van der Waals surface area contributed by atoms with Gasteiger partial charge in [0.15, 0.2) is 0 Å². The summed E-state index contributed by atoms with van der Waals surface area (Å²) in [7, 11) is 0.156. The average Bonchev–Trinajstić information content (AvgIpc) is 3.58. The molecule has 9 heteroatoms. The van der Waals surface area contributed by atoms with Gasteiger partial charge in [0.25, 0.3) is 0 Å². The molecule has 1 saturated carbocycles. The number of hydrogen-bond acceptors (Lipinski definition) is 5. The van der Waals surface area contributed by atoms with E-state index in [9.17, 15) is 4.79 Å². The van der Waals surface area contributed by atoms with Crippen molar-refractivity contribution in [2.45, 2.75) is 57.6 Å². The van der Waals surface area contributed by atoms with Crippen molar-refractivity contribution in [3.05, 3.63) is 64.8 Å². The number of amides is 1. The molecule has 1 unspecified atom stereocenters. The molecule has 3 aromatic rings. The Bertz CT molecular complexity index is 1160. The fourth-order valence-electron chi connectivity index (χ4n) is 4.10. The molecule has 0 bridgehead atoms. The Morgan fingerprint density at radius 3 is 2.50 bits per heavy atom. The predicted octanol–water partition coefficient (Wildman–Crippen LogP) is 7.13. The Kier molecular flexibility index (Phi) is 8.64. The van der Waals surface area contributed by atoms with Gasteiger partial charge in [0.1, 0.15) is 12.6 Å². The molecule has 1 atom stereocenters. The van der Waals surface area contributed by atoms with Crippen LogP contribution in [0.1, 0.15) is 36.7 Å². The molecule has 1 amide bonds. The second kappa shape index (κ2) is 11.7. The maximum atomic E-state index is 11.6. The summed E-state index contributed by atoms with van der Waals surface area (Å²) in [6, 6.07) is 13.0. The van der Waals surface area contributed by atoms with Gasteiger partial charge in [-0.25, -0.2) is 9.78 Å². The Morgan fingerprint density at radius 1 is 1.14 bits per heavy atom. The molecule has 1 N–H and O–H groups in total. The van der Waals surface area contributed by atoms with Crippen molar-refractivity contribution >= 4 is 35.8 Å². The number of aromatic nitrogens is 3. The van der Waals surface area contributed by atoms with Crippen LogP contribution in [0, 0.1) is 5.92 Å². The van der Waals surface area contributed by atoms with Gasteiger partial charge in [0, 0.05) is 31.0 Å². The maximum Gasteiger partial charge on any atom is 0.411 e. The minimum Gasteiger partial charge on any atom is -0.453 e. The number of rotatable bonds is 11.